The summed E-state index contributed by atoms with van der Waals surface area (Å²) in [4.78, 5) is 14.8. The number of aromatic nitrogens is 5. The van der Waals surface area contributed by atoms with E-state index >= 15 is 0 Å². The van der Waals surface area contributed by atoms with Gasteiger partial charge in [0.25, 0.3) is 0 Å². The maximum Gasteiger partial charge on any atom is 0.129 e. The molecule has 6 aromatic carbocycles. The van der Waals surface area contributed by atoms with Gasteiger partial charge in [0, 0.05) is 61.9 Å². The predicted molar refractivity (Wildman–Crippen MR) is 228 cm³/mol. The molecule has 0 aliphatic rings. The fraction of sp³-hybridized carbons (Fsp3) is 0. The van der Waals surface area contributed by atoms with Gasteiger partial charge in [-0.3, -0.25) is 14.5 Å². The highest BCUT2D eigenvalue weighted by Gasteiger charge is 2.24. The van der Waals surface area contributed by atoms with E-state index in [1.54, 1.807) is 11.3 Å². The molecule has 0 radical (unpaired) electrons. The average molecular weight is 722 g/mol. The first kappa shape index (κ1) is 31.4. The van der Waals surface area contributed by atoms with Crippen LogP contribution < -0.4 is 0 Å². The van der Waals surface area contributed by atoms with Gasteiger partial charge in [-0.05, 0) is 72.8 Å². The number of benzene rings is 6. The first-order valence-electron chi connectivity index (χ1n) is 18.4. The standard InChI is InChI=1S/C49H31N5S/c1-4-14-32(15-5-1)47-49(55-48(52-47)33-16-6-2-7-17-33)54-44-25-23-35(42-21-11-13-27-51-42)29-38(44)40-30-39-37-28-34(41-20-10-12-26-50-41)22-24-43(37)53(45(39)31-46(40)54)36-18-8-3-9-19-36/h1-31H. The van der Waals surface area contributed by atoms with Crippen LogP contribution in [0.5, 0.6) is 0 Å². The second-order valence-corrected chi connectivity index (χ2v) is 14.7. The molecule has 0 bridgehead atoms. The number of rotatable bonds is 6. The fourth-order valence-corrected chi connectivity index (χ4v) is 9.07. The smallest absolute Gasteiger partial charge is 0.129 e. The molecule has 5 heterocycles. The van der Waals surface area contributed by atoms with Crippen molar-refractivity contribution < 1.29 is 0 Å². The van der Waals surface area contributed by atoms with Crippen LogP contribution in [0.3, 0.4) is 0 Å². The molecule has 5 nitrogen and oxygen atoms in total. The van der Waals surface area contributed by atoms with E-state index in [0.29, 0.717) is 0 Å². The van der Waals surface area contributed by atoms with Crippen LogP contribution in [0.15, 0.2) is 188 Å². The molecule has 55 heavy (non-hydrogen) atoms. The van der Waals surface area contributed by atoms with Crippen molar-refractivity contribution in [3.8, 4) is 55.0 Å². The Balaban J connectivity index is 1.28. The van der Waals surface area contributed by atoms with E-state index in [4.69, 9.17) is 15.0 Å². The predicted octanol–water partition coefficient (Wildman–Crippen LogP) is 12.8. The third kappa shape index (κ3) is 5.18. The molecule has 5 aromatic heterocycles. The highest BCUT2D eigenvalue weighted by molar-refractivity contribution is 7.18. The van der Waals surface area contributed by atoms with Crippen LogP contribution in [0.4, 0.5) is 0 Å². The quantitative estimate of drug-likeness (QED) is 0.172. The monoisotopic (exact) mass is 721 g/mol. The molecule has 0 aliphatic carbocycles. The first-order valence-corrected chi connectivity index (χ1v) is 19.2. The Kier molecular flexibility index (Phi) is 7.28. The molecule has 0 saturated heterocycles. The molecular weight excluding hydrogens is 691 g/mol. The van der Waals surface area contributed by atoms with E-state index in [-0.39, 0.29) is 0 Å². The summed E-state index contributed by atoms with van der Waals surface area (Å²) in [6.45, 7) is 0. The van der Waals surface area contributed by atoms with Gasteiger partial charge in [-0.15, -0.1) is 0 Å². The van der Waals surface area contributed by atoms with Gasteiger partial charge in [0.1, 0.15) is 15.7 Å². The Bertz CT molecular complexity index is 3170. The maximum atomic E-state index is 5.36. The lowest BCUT2D eigenvalue weighted by Crippen LogP contribution is -1.96. The number of para-hydroxylation sites is 1. The molecule has 0 atom stereocenters. The van der Waals surface area contributed by atoms with Crippen molar-refractivity contribution in [3.63, 3.8) is 0 Å². The molecule has 6 heteroatoms. The zero-order valence-electron chi connectivity index (χ0n) is 29.5. The number of nitrogens with zero attached hydrogens (tertiary/aromatic N) is 5. The topological polar surface area (TPSA) is 48.5 Å². The van der Waals surface area contributed by atoms with Crippen molar-refractivity contribution in [1.82, 2.24) is 24.1 Å². The van der Waals surface area contributed by atoms with Crippen LogP contribution in [0, 0.1) is 0 Å². The second-order valence-electron chi connectivity index (χ2n) is 13.7. The van der Waals surface area contributed by atoms with Gasteiger partial charge in [0.15, 0.2) is 0 Å². The Morgan fingerprint density at radius 2 is 0.891 bits per heavy atom. The zero-order chi connectivity index (χ0) is 36.3. The molecule has 0 N–H and O–H groups in total. The number of pyridine rings is 2. The summed E-state index contributed by atoms with van der Waals surface area (Å²) in [6.07, 6.45) is 3.72. The minimum Gasteiger partial charge on any atom is -0.309 e. The van der Waals surface area contributed by atoms with Crippen LogP contribution in [0.25, 0.3) is 98.6 Å². The number of fused-ring (bicyclic) bond motifs is 6. The lowest BCUT2D eigenvalue weighted by atomic mass is 10.0. The summed E-state index contributed by atoms with van der Waals surface area (Å²) in [5.41, 5.74) is 12.8. The van der Waals surface area contributed by atoms with Crippen LogP contribution in [-0.2, 0) is 0 Å². The van der Waals surface area contributed by atoms with E-state index in [1.807, 2.05) is 36.7 Å². The third-order valence-electron chi connectivity index (χ3n) is 10.5. The van der Waals surface area contributed by atoms with Crippen molar-refractivity contribution in [2.24, 2.45) is 0 Å². The van der Waals surface area contributed by atoms with E-state index < -0.39 is 0 Å². The van der Waals surface area contributed by atoms with Crippen molar-refractivity contribution in [2.45, 2.75) is 0 Å². The summed E-state index contributed by atoms with van der Waals surface area (Å²) in [5, 5.41) is 6.76. The average Bonchev–Trinajstić information content (AvgIpc) is 3.94. The molecule has 11 aromatic rings. The number of hydrogen-bond acceptors (Lipinski definition) is 4. The lowest BCUT2D eigenvalue weighted by Gasteiger charge is -2.10. The maximum absolute atomic E-state index is 5.36. The molecule has 11 rings (SSSR count). The van der Waals surface area contributed by atoms with E-state index in [0.717, 1.165) is 82.5 Å². The molecule has 0 aliphatic heterocycles. The Hall–Kier alpha value is -7.15. The van der Waals surface area contributed by atoms with E-state index in [9.17, 15) is 0 Å². The Labute approximate surface area is 321 Å². The largest absolute Gasteiger partial charge is 0.309 e. The zero-order valence-corrected chi connectivity index (χ0v) is 30.4. The Morgan fingerprint density at radius 1 is 0.382 bits per heavy atom. The van der Waals surface area contributed by atoms with Gasteiger partial charge in [-0.25, -0.2) is 4.98 Å². The van der Waals surface area contributed by atoms with Gasteiger partial charge < -0.3 is 4.57 Å². The van der Waals surface area contributed by atoms with Crippen LogP contribution in [0.2, 0.25) is 0 Å². The SMILES string of the molecule is c1ccc(-c2nc(-c3ccccc3)c(-n3c4ccc(-c5ccccn5)cc4c4cc5c6cc(-c7ccccn7)ccc6n(-c6ccccc6)c5cc43)s2)cc1. The molecule has 0 amide bonds. The lowest BCUT2D eigenvalue weighted by molar-refractivity contribution is 1.17. The third-order valence-corrected chi connectivity index (χ3v) is 11.6. The van der Waals surface area contributed by atoms with Gasteiger partial charge >= 0.3 is 0 Å². The summed E-state index contributed by atoms with van der Waals surface area (Å²) < 4.78 is 4.83. The highest BCUT2D eigenvalue weighted by atomic mass is 32.1. The Morgan fingerprint density at radius 3 is 1.47 bits per heavy atom. The molecule has 0 spiro atoms. The minimum atomic E-state index is 0.946. The molecule has 0 saturated carbocycles. The fourth-order valence-electron chi connectivity index (χ4n) is 7.94. The van der Waals surface area contributed by atoms with Crippen molar-refractivity contribution >= 4 is 54.9 Å². The van der Waals surface area contributed by atoms with Crippen LogP contribution in [0.1, 0.15) is 0 Å². The number of thiazole rings is 1. The number of hydrogen-bond donors (Lipinski definition) is 0. The molecule has 0 unspecified atom stereocenters. The first-order chi connectivity index (χ1) is 27.3. The summed E-state index contributed by atoms with van der Waals surface area (Å²) in [7, 11) is 0. The van der Waals surface area contributed by atoms with Crippen molar-refractivity contribution in [3.05, 3.63) is 188 Å². The van der Waals surface area contributed by atoms with Gasteiger partial charge in [0.05, 0.1) is 33.5 Å². The van der Waals surface area contributed by atoms with Crippen molar-refractivity contribution in [2.75, 3.05) is 0 Å². The van der Waals surface area contributed by atoms with Crippen molar-refractivity contribution in [1.29, 1.82) is 0 Å². The second kappa shape index (κ2) is 12.8. The highest BCUT2D eigenvalue weighted by Crippen LogP contribution is 2.45. The van der Waals surface area contributed by atoms with Crippen LogP contribution >= 0.6 is 11.3 Å². The normalized spacial score (nSPS) is 11.6. The molecular formula is C49H31N5S. The molecule has 0 fully saturated rings. The summed E-state index contributed by atoms with van der Waals surface area (Å²) in [5.74, 6) is 0. The van der Waals surface area contributed by atoms with Gasteiger partial charge in [-0.2, -0.15) is 0 Å². The van der Waals surface area contributed by atoms with E-state index in [1.165, 1.54) is 16.2 Å². The molecule has 258 valence electrons. The summed E-state index contributed by atoms with van der Waals surface area (Å²) >= 11 is 1.73. The van der Waals surface area contributed by atoms with Crippen LogP contribution in [-0.4, -0.2) is 24.1 Å². The van der Waals surface area contributed by atoms with Gasteiger partial charge in [0.2, 0.25) is 0 Å². The van der Waals surface area contributed by atoms with E-state index in [2.05, 4.69) is 161 Å². The van der Waals surface area contributed by atoms with Gasteiger partial charge in [-0.1, -0.05) is 114 Å². The minimum absolute atomic E-state index is 0.946. The summed E-state index contributed by atoms with van der Waals surface area (Å²) in [6, 6.07) is 62.2.